The second kappa shape index (κ2) is 5.71. The van der Waals surface area contributed by atoms with Crippen molar-refractivity contribution < 1.29 is 27.4 Å². The number of aromatic amines is 2. The normalized spacial score (nSPS) is 13.0. The van der Waals surface area contributed by atoms with Crippen LogP contribution in [0.1, 0.15) is 22.1 Å². The van der Waals surface area contributed by atoms with E-state index in [2.05, 4.69) is 9.97 Å². The summed E-state index contributed by atoms with van der Waals surface area (Å²) in [5.74, 6) is -0.829. The molecule has 8 heteroatoms. The highest BCUT2D eigenvalue weighted by molar-refractivity contribution is 5.98. The van der Waals surface area contributed by atoms with Gasteiger partial charge in [-0.15, -0.1) is 0 Å². The average Bonchev–Trinajstić information content (AvgIpc) is 2.96. The van der Waals surface area contributed by atoms with E-state index in [4.69, 9.17) is 0 Å². The lowest BCUT2D eigenvalue weighted by Gasteiger charge is -2.19. The van der Waals surface area contributed by atoms with Crippen LogP contribution in [0.25, 0.3) is 5.52 Å². The largest absolute Gasteiger partial charge is 0.413 e. The van der Waals surface area contributed by atoms with Gasteiger partial charge in [0.15, 0.2) is 24.0 Å². The van der Waals surface area contributed by atoms with E-state index in [9.17, 15) is 18.0 Å². The number of hydrogen-bond acceptors (Lipinski definition) is 1. The summed E-state index contributed by atoms with van der Waals surface area (Å²) in [6.07, 6.45) is 1.29. The first-order valence-corrected chi connectivity index (χ1v) is 6.78. The summed E-state index contributed by atoms with van der Waals surface area (Å²) in [6.45, 7) is 0. The number of fused-ring (bicyclic) bond motifs is 1. The predicted octanol–water partition coefficient (Wildman–Crippen LogP) is 1.60. The second-order valence-electron chi connectivity index (χ2n) is 4.93. The van der Waals surface area contributed by atoms with Crippen LogP contribution in [0.15, 0.2) is 55.2 Å². The molecule has 3 heterocycles. The summed E-state index contributed by atoms with van der Waals surface area (Å²) >= 11 is 0. The second-order valence-corrected chi connectivity index (χ2v) is 4.93. The van der Waals surface area contributed by atoms with Crippen molar-refractivity contribution in [2.75, 3.05) is 0 Å². The van der Waals surface area contributed by atoms with Crippen LogP contribution in [-0.4, -0.2) is 17.1 Å². The van der Waals surface area contributed by atoms with E-state index in [1.54, 1.807) is 28.8 Å². The molecule has 1 amide bonds. The Morgan fingerprint density at radius 3 is 2.78 bits per heavy atom. The molecule has 0 spiro atoms. The number of carbonyl (C=O) groups is 1. The zero-order chi connectivity index (χ0) is 16.4. The molecule has 1 unspecified atom stereocenters. The van der Waals surface area contributed by atoms with Crippen LogP contribution in [0.2, 0.25) is 0 Å². The van der Waals surface area contributed by atoms with E-state index < -0.39 is 18.1 Å². The molecule has 118 valence electrons. The number of alkyl halides is 3. The molecular weight excluding hydrogens is 309 g/mol. The van der Waals surface area contributed by atoms with Crippen LogP contribution < -0.4 is 14.7 Å². The van der Waals surface area contributed by atoms with E-state index in [0.29, 0.717) is 5.52 Å². The van der Waals surface area contributed by atoms with Crippen LogP contribution in [0.4, 0.5) is 13.2 Å². The first kappa shape index (κ1) is 15.0. The minimum Gasteiger partial charge on any atom is -0.333 e. The molecule has 1 atom stereocenters. The molecule has 5 nitrogen and oxygen atoms in total. The maximum absolute atomic E-state index is 13.3. The molecule has 0 aliphatic rings. The fourth-order valence-corrected chi connectivity index (χ4v) is 2.31. The monoisotopic (exact) mass is 322 g/mol. The van der Waals surface area contributed by atoms with Gasteiger partial charge in [0.05, 0.1) is 6.20 Å². The van der Waals surface area contributed by atoms with Gasteiger partial charge in [-0.3, -0.25) is 4.79 Å². The van der Waals surface area contributed by atoms with Gasteiger partial charge in [-0.05, 0) is 18.2 Å². The number of nitrogens with zero attached hydrogens (tertiary/aromatic N) is 1. The summed E-state index contributed by atoms with van der Waals surface area (Å²) in [5, 5.41) is 2.04. The van der Waals surface area contributed by atoms with Crippen LogP contribution in [0.5, 0.6) is 0 Å². The van der Waals surface area contributed by atoms with Crippen molar-refractivity contribution in [3.05, 3.63) is 66.5 Å². The lowest BCUT2D eigenvalue weighted by molar-refractivity contribution is -0.511. The molecule has 0 radical (unpaired) electrons. The number of nitrogens with one attached hydrogen (secondary N) is 3. The van der Waals surface area contributed by atoms with Crippen molar-refractivity contribution in [2.24, 2.45) is 0 Å². The Balaban J connectivity index is 1.93. The third kappa shape index (κ3) is 3.01. The highest BCUT2D eigenvalue weighted by Gasteiger charge is 2.43. The lowest BCUT2D eigenvalue weighted by Crippen LogP contribution is -2.39. The van der Waals surface area contributed by atoms with Crippen LogP contribution >= 0.6 is 0 Å². The topological polar surface area (TPSA) is 63.1 Å². The highest BCUT2D eigenvalue weighted by Crippen LogP contribution is 2.32. The zero-order valence-corrected chi connectivity index (χ0v) is 11.8. The number of halogens is 3. The Bertz CT molecular complexity index is 829. The molecule has 0 saturated heterocycles. The van der Waals surface area contributed by atoms with Crippen LogP contribution in [0.3, 0.4) is 0 Å². The molecule has 0 aromatic carbocycles. The van der Waals surface area contributed by atoms with Gasteiger partial charge in [0.25, 0.3) is 5.91 Å². The molecule has 3 rings (SSSR count). The zero-order valence-electron chi connectivity index (χ0n) is 11.8. The van der Waals surface area contributed by atoms with E-state index in [0.717, 1.165) is 0 Å². The molecule has 0 aliphatic heterocycles. The maximum atomic E-state index is 13.3. The number of imidazole rings is 1. The van der Waals surface area contributed by atoms with Crippen molar-refractivity contribution in [3.8, 4) is 0 Å². The smallest absolute Gasteiger partial charge is 0.333 e. The van der Waals surface area contributed by atoms with Gasteiger partial charge in [-0.25, -0.2) is 14.4 Å². The molecule has 0 bridgehead atoms. The summed E-state index contributed by atoms with van der Waals surface area (Å²) in [7, 11) is 0. The minimum atomic E-state index is -4.61. The standard InChI is InChI=1S/C15H11F3N4O/c16-15(17,18)13(10-4-3-6-19-8-10)21-14(23)12-11-5-1-2-7-22(11)9-20-12/h1-9,13H,(H,21,23)/p+2. The van der Waals surface area contributed by atoms with E-state index in [1.807, 2.05) is 5.32 Å². The number of hydrogen-bond donors (Lipinski definition) is 2. The number of aromatic nitrogens is 3. The summed E-state index contributed by atoms with van der Waals surface area (Å²) in [4.78, 5) is 17.6. The Morgan fingerprint density at radius 1 is 1.26 bits per heavy atom. The molecular formula is C15H13F3N4O+2. The molecule has 23 heavy (non-hydrogen) atoms. The van der Waals surface area contributed by atoms with Crippen molar-refractivity contribution in [1.82, 2.24) is 10.3 Å². The molecule has 0 saturated carbocycles. The maximum Gasteiger partial charge on any atom is 0.413 e. The third-order valence-corrected chi connectivity index (χ3v) is 3.39. The van der Waals surface area contributed by atoms with Crippen LogP contribution in [0, 0.1) is 0 Å². The number of carbonyl (C=O) groups excluding carboxylic acids is 1. The Hall–Kier alpha value is -2.90. The molecule has 3 aromatic heterocycles. The number of pyridine rings is 2. The number of rotatable bonds is 3. The van der Waals surface area contributed by atoms with Crippen molar-refractivity contribution in [2.45, 2.75) is 12.2 Å². The van der Waals surface area contributed by atoms with Crippen molar-refractivity contribution in [3.63, 3.8) is 0 Å². The Kier molecular flexibility index (Phi) is 3.73. The van der Waals surface area contributed by atoms with Crippen LogP contribution in [-0.2, 0) is 0 Å². The molecule has 0 aliphatic carbocycles. The quantitative estimate of drug-likeness (QED) is 0.707. The van der Waals surface area contributed by atoms with E-state index in [1.165, 1.54) is 30.9 Å². The summed E-state index contributed by atoms with van der Waals surface area (Å²) < 4.78 is 41.5. The first-order chi connectivity index (χ1) is 11.0. The van der Waals surface area contributed by atoms with Gasteiger partial charge < -0.3 is 5.32 Å². The SMILES string of the molecule is O=C(NC(c1ccc[nH+]c1)C(F)(F)F)c1[nH]c[n+]2ccccc12. The van der Waals surface area contributed by atoms with Gasteiger partial charge in [0.2, 0.25) is 12.0 Å². The van der Waals surface area contributed by atoms with Crippen molar-refractivity contribution >= 4 is 11.4 Å². The summed E-state index contributed by atoms with van der Waals surface area (Å²) in [6, 6.07) is 5.74. The molecule has 3 N–H and O–H groups in total. The van der Waals surface area contributed by atoms with Gasteiger partial charge in [0.1, 0.15) is 0 Å². The minimum absolute atomic E-state index is 0.0692. The lowest BCUT2D eigenvalue weighted by atomic mass is 10.1. The predicted molar refractivity (Wildman–Crippen MR) is 73.2 cm³/mol. The summed E-state index contributed by atoms with van der Waals surface area (Å²) in [5.41, 5.74) is 0.488. The molecule has 3 aromatic rings. The van der Waals surface area contributed by atoms with Gasteiger partial charge in [-0.1, -0.05) is 6.07 Å². The first-order valence-electron chi connectivity index (χ1n) is 6.78. The van der Waals surface area contributed by atoms with E-state index in [-0.39, 0.29) is 11.3 Å². The number of H-pyrrole nitrogens is 2. The Morgan fingerprint density at radius 2 is 2.09 bits per heavy atom. The Labute approximate surface area is 128 Å². The van der Waals surface area contributed by atoms with Gasteiger partial charge in [-0.2, -0.15) is 13.2 Å². The fourth-order valence-electron chi connectivity index (χ4n) is 2.31. The third-order valence-electron chi connectivity index (χ3n) is 3.39. The number of amides is 1. The van der Waals surface area contributed by atoms with Gasteiger partial charge >= 0.3 is 6.18 Å². The van der Waals surface area contributed by atoms with Crippen molar-refractivity contribution in [1.29, 1.82) is 0 Å². The van der Waals surface area contributed by atoms with Gasteiger partial charge in [0, 0.05) is 11.6 Å². The fraction of sp³-hybridized carbons (Fsp3) is 0.133. The van der Waals surface area contributed by atoms with E-state index >= 15 is 0 Å². The average molecular weight is 322 g/mol. The molecule has 0 fully saturated rings. The highest BCUT2D eigenvalue weighted by atomic mass is 19.4.